The van der Waals surface area contributed by atoms with E-state index in [1.165, 1.54) is 11.3 Å². The Bertz CT molecular complexity index is 1200. The first-order valence-electron chi connectivity index (χ1n) is 8.81. The number of hydrogen-bond donors (Lipinski definition) is 3. The van der Waals surface area contributed by atoms with E-state index in [9.17, 15) is 18.3 Å². The number of aromatic nitrogens is 1. The van der Waals surface area contributed by atoms with Crippen molar-refractivity contribution in [1.82, 2.24) is 10.3 Å². The highest BCUT2D eigenvalue weighted by atomic mass is 32.2. The molecule has 0 unspecified atom stereocenters. The van der Waals surface area contributed by atoms with Gasteiger partial charge in [0.1, 0.15) is 5.82 Å². The largest absolute Gasteiger partial charge is 0.394 e. The topological polar surface area (TPSA) is 108 Å². The van der Waals surface area contributed by atoms with Crippen LogP contribution in [0.5, 0.6) is 0 Å². The van der Waals surface area contributed by atoms with E-state index in [4.69, 9.17) is 6.42 Å². The number of benzene rings is 2. The van der Waals surface area contributed by atoms with Gasteiger partial charge in [0.2, 0.25) is 0 Å². The van der Waals surface area contributed by atoms with E-state index in [2.05, 4.69) is 21.5 Å². The fourth-order valence-corrected chi connectivity index (χ4v) is 4.42. The van der Waals surface area contributed by atoms with Gasteiger partial charge in [0, 0.05) is 11.6 Å². The van der Waals surface area contributed by atoms with Crippen LogP contribution in [-0.2, 0) is 9.84 Å². The second-order valence-electron chi connectivity index (χ2n) is 6.41. The van der Waals surface area contributed by atoms with Crippen molar-refractivity contribution in [1.29, 1.82) is 0 Å². The summed E-state index contributed by atoms with van der Waals surface area (Å²) in [5.41, 5.74) is 1.86. The number of aliphatic hydroxyl groups excluding tert-OH is 1. The standard InChI is InChI=1S/C21H19N3O4S2/c1-3-20-23-19(13-29-20)24-21(26)22-17(12-25)16-10-9-15(11-18(16)30(2,27)28)14-7-5-4-6-8-14/h1,4-11,13,17,25H,12H2,2H3,(H2,22,24,26)/t17-/m0/s1. The van der Waals surface area contributed by atoms with Crippen LogP contribution in [0.3, 0.4) is 0 Å². The molecule has 3 N–H and O–H groups in total. The predicted molar refractivity (Wildman–Crippen MR) is 117 cm³/mol. The lowest BCUT2D eigenvalue weighted by molar-refractivity contribution is 0.224. The average Bonchev–Trinajstić information content (AvgIpc) is 3.19. The third-order valence-electron chi connectivity index (χ3n) is 4.25. The van der Waals surface area contributed by atoms with Gasteiger partial charge in [-0.1, -0.05) is 42.5 Å². The summed E-state index contributed by atoms with van der Waals surface area (Å²) in [5.74, 6) is 2.64. The predicted octanol–water partition coefficient (Wildman–Crippen LogP) is 3.05. The molecular formula is C21H19N3O4S2. The summed E-state index contributed by atoms with van der Waals surface area (Å²) in [5, 5.41) is 16.9. The number of thiazole rings is 1. The van der Waals surface area contributed by atoms with E-state index < -0.39 is 28.5 Å². The van der Waals surface area contributed by atoms with E-state index in [-0.39, 0.29) is 16.3 Å². The number of terminal acetylenes is 1. The Morgan fingerprint density at radius 3 is 2.57 bits per heavy atom. The Morgan fingerprint density at radius 1 is 1.23 bits per heavy atom. The number of nitrogens with one attached hydrogen (secondary N) is 2. The molecule has 154 valence electrons. The number of sulfone groups is 1. The molecule has 0 radical (unpaired) electrons. The molecule has 0 aliphatic heterocycles. The van der Waals surface area contributed by atoms with Crippen molar-refractivity contribution in [2.75, 3.05) is 18.2 Å². The molecule has 9 heteroatoms. The van der Waals surface area contributed by atoms with E-state index in [1.54, 1.807) is 23.6 Å². The molecule has 0 bridgehead atoms. The summed E-state index contributed by atoms with van der Waals surface area (Å²) < 4.78 is 24.9. The maximum Gasteiger partial charge on any atom is 0.320 e. The zero-order valence-electron chi connectivity index (χ0n) is 16.0. The maximum atomic E-state index is 12.4. The molecule has 0 fully saturated rings. The number of carbonyl (C=O) groups excluding carboxylic acids is 1. The summed E-state index contributed by atoms with van der Waals surface area (Å²) in [7, 11) is -3.63. The third kappa shape index (κ3) is 5.04. The number of anilines is 1. The van der Waals surface area contributed by atoms with Crippen LogP contribution in [0.2, 0.25) is 0 Å². The van der Waals surface area contributed by atoms with E-state index in [0.29, 0.717) is 10.6 Å². The lowest BCUT2D eigenvalue weighted by Crippen LogP contribution is -2.35. The molecule has 0 saturated heterocycles. The van der Waals surface area contributed by atoms with Gasteiger partial charge in [-0.3, -0.25) is 5.32 Å². The van der Waals surface area contributed by atoms with Gasteiger partial charge in [-0.2, -0.15) is 0 Å². The normalized spacial score (nSPS) is 12.0. The fourth-order valence-electron chi connectivity index (χ4n) is 2.88. The van der Waals surface area contributed by atoms with Crippen molar-refractivity contribution in [3.05, 3.63) is 64.5 Å². The molecular weight excluding hydrogens is 422 g/mol. The minimum atomic E-state index is -3.63. The summed E-state index contributed by atoms with van der Waals surface area (Å²) in [6.07, 6.45) is 6.35. The molecule has 1 atom stereocenters. The van der Waals surface area contributed by atoms with Crippen LogP contribution in [0.15, 0.2) is 58.8 Å². The van der Waals surface area contributed by atoms with E-state index in [1.807, 2.05) is 30.3 Å². The highest BCUT2D eigenvalue weighted by molar-refractivity contribution is 7.90. The Balaban J connectivity index is 1.89. The number of rotatable bonds is 6. The van der Waals surface area contributed by atoms with Gasteiger partial charge >= 0.3 is 6.03 Å². The fraction of sp³-hybridized carbons (Fsp3) is 0.143. The highest BCUT2D eigenvalue weighted by Crippen LogP contribution is 2.29. The molecule has 1 aromatic heterocycles. The van der Waals surface area contributed by atoms with Crippen molar-refractivity contribution in [2.24, 2.45) is 0 Å². The van der Waals surface area contributed by atoms with Gasteiger partial charge < -0.3 is 10.4 Å². The number of carbonyl (C=O) groups is 1. The van der Waals surface area contributed by atoms with E-state index in [0.717, 1.165) is 11.8 Å². The quantitative estimate of drug-likeness (QED) is 0.510. The third-order valence-corrected chi connectivity index (χ3v) is 6.18. The Morgan fingerprint density at radius 2 is 1.97 bits per heavy atom. The molecule has 2 aromatic carbocycles. The highest BCUT2D eigenvalue weighted by Gasteiger charge is 2.23. The lowest BCUT2D eigenvalue weighted by Gasteiger charge is -2.20. The molecule has 3 aromatic rings. The summed E-state index contributed by atoms with van der Waals surface area (Å²) in [6, 6.07) is 12.6. The first kappa shape index (κ1) is 21.5. The van der Waals surface area contributed by atoms with E-state index >= 15 is 0 Å². The van der Waals surface area contributed by atoms with Crippen LogP contribution in [0.4, 0.5) is 10.6 Å². The second kappa shape index (κ2) is 9.09. The van der Waals surface area contributed by atoms with Crippen molar-refractivity contribution in [2.45, 2.75) is 10.9 Å². The van der Waals surface area contributed by atoms with Gasteiger partial charge in [-0.25, -0.2) is 18.2 Å². The number of nitrogens with zero attached hydrogens (tertiary/aromatic N) is 1. The molecule has 0 aliphatic rings. The number of aliphatic hydroxyl groups is 1. The van der Waals surface area contributed by atoms with Crippen molar-refractivity contribution < 1.29 is 18.3 Å². The SMILES string of the molecule is C#Cc1nc(NC(=O)N[C@@H](CO)c2ccc(-c3ccccc3)cc2S(C)(=O)=O)cs1. The smallest absolute Gasteiger partial charge is 0.320 e. The molecule has 3 rings (SSSR count). The van der Waals surface area contributed by atoms with Gasteiger partial charge in [0.05, 0.1) is 17.5 Å². The summed E-state index contributed by atoms with van der Waals surface area (Å²) in [4.78, 5) is 16.4. The van der Waals surface area contributed by atoms with Crippen molar-refractivity contribution >= 4 is 33.0 Å². The van der Waals surface area contributed by atoms with Crippen molar-refractivity contribution in [3.8, 4) is 23.5 Å². The lowest BCUT2D eigenvalue weighted by atomic mass is 10.0. The molecule has 7 nitrogen and oxygen atoms in total. The van der Waals surface area contributed by atoms with Crippen LogP contribution in [0.1, 0.15) is 16.6 Å². The minimum Gasteiger partial charge on any atom is -0.394 e. The van der Waals surface area contributed by atoms with Gasteiger partial charge in [0.15, 0.2) is 14.8 Å². The van der Waals surface area contributed by atoms with Crippen molar-refractivity contribution in [3.63, 3.8) is 0 Å². The Hall–Kier alpha value is -3.19. The monoisotopic (exact) mass is 441 g/mol. The average molecular weight is 442 g/mol. The number of amides is 2. The zero-order valence-corrected chi connectivity index (χ0v) is 17.6. The Kier molecular flexibility index (Phi) is 6.52. The molecule has 30 heavy (non-hydrogen) atoms. The van der Waals surface area contributed by atoms with Gasteiger partial charge in [-0.05, 0) is 28.7 Å². The van der Waals surface area contributed by atoms with Crippen LogP contribution in [0.25, 0.3) is 11.1 Å². The van der Waals surface area contributed by atoms with Crippen LogP contribution in [-0.4, -0.2) is 37.4 Å². The summed E-state index contributed by atoms with van der Waals surface area (Å²) in [6.45, 7) is -0.493. The maximum absolute atomic E-state index is 12.4. The molecule has 0 saturated carbocycles. The molecule has 0 spiro atoms. The Labute approximate surface area is 178 Å². The first-order chi connectivity index (χ1) is 14.3. The number of urea groups is 1. The molecule has 0 aliphatic carbocycles. The minimum absolute atomic E-state index is 0.0338. The summed E-state index contributed by atoms with van der Waals surface area (Å²) >= 11 is 1.20. The van der Waals surface area contributed by atoms with Crippen LogP contribution in [0, 0.1) is 12.3 Å². The van der Waals surface area contributed by atoms with Gasteiger partial charge in [-0.15, -0.1) is 17.8 Å². The number of hydrogen-bond acceptors (Lipinski definition) is 6. The molecule has 2 amide bonds. The molecule has 1 heterocycles. The second-order valence-corrected chi connectivity index (χ2v) is 9.25. The first-order valence-corrected chi connectivity index (χ1v) is 11.6. The van der Waals surface area contributed by atoms with Gasteiger partial charge in [0.25, 0.3) is 0 Å². The van der Waals surface area contributed by atoms with Crippen LogP contribution < -0.4 is 10.6 Å². The zero-order chi connectivity index (χ0) is 21.7. The van der Waals surface area contributed by atoms with Crippen LogP contribution >= 0.6 is 11.3 Å².